The Kier molecular flexibility index (Phi) is 4.73. The van der Waals surface area contributed by atoms with Crippen LogP contribution in [-0.2, 0) is 12.8 Å². The molecule has 2 aromatic carbocycles. The fourth-order valence-electron chi connectivity index (χ4n) is 4.15. The zero-order valence-corrected chi connectivity index (χ0v) is 14.9. The van der Waals surface area contributed by atoms with Crippen LogP contribution in [0.4, 0.5) is 0 Å². The first kappa shape index (κ1) is 16.8. The van der Waals surface area contributed by atoms with Crippen LogP contribution >= 0.6 is 0 Å². The highest BCUT2D eigenvalue weighted by Gasteiger charge is 2.28. The molecule has 4 heteroatoms. The third kappa shape index (κ3) is 3.36. The van der Waals surface area contributed by atoms with Crippen LogP contribution in [0, 0.1) is 11.3 Å². The molecular formula is C22H23N3O. The van der Waals surface area contributed by atoms with Gasteiger partial charge in [0.05, 0.1) is 11.6 Å². The van der Waals surface area contributed by atoms with Crippen LogP contribution in [-0.4, -0.2) is 47.9 Å². The van der Waals surface area contributed by atoms with Gasteiger partial charge in [-0.1, -0.05) is 24.3 Å². The first-order chi connectivity index (χ1) is 12.7. The van der Waals surface area contributed by atoms with Crippen molar-refractivity contribution in [3.63, 3.8) is 0 Å². The van der Waals surface area contributed by atoms with E-state index in [1.54, 1.807) is 24.3 Å². The van der Waals surface area contributed by atoms with Crippen LogP contribution in [0.1, 0.15) is 33.5 Å². The van der Waals surface area contributed by atoms with Crippen molar-refractivity contribution in [1.29, 1.82) is 5.26 Å². The van der Waals surface area contributed by atoms with E-state index in [-0.39, 0.29) is 5.91 Å². The molecule has 1 amide bonds. The number of hydrogen-bond donors (Lipinski definition) is 0. The van der Waals surface area contributed by atoms with Crippen LogP contribution in [0.15, 0.2) is 48.5 Å². The van der Waals surface area contributed by atoms with E-state index in [9.17, 15) is 4.79 Å². The number of nitrogens with zero attached hydrogens (tertiary/aromatic N) is 3. The Balaban J connectivity index is 1.35. The van der Waals surface area contributed by atoms with Gasteiger partial charge in [0.15, 0.2) is 0 Å². The monoisotopic (exact) mass is 345 g/mol. The van der Waals surface area contributed by atoms with E-state index in [0.29, 0.717) is 17.2 Å². The maximum Gasteiger partial charge on any atom is 0.253 e. The first-order valence-electron chi connectivity index (χ1n) is 9.35. The first-order valence-corrected chi connectivity index (χ1v) is 9.35. The molecule has 0 saturated carbocycles. The average molecular weight is 345 g/mol. The lowest BCUT2D eigenvalue weighted by molar-refractivity contribution is 0.0553. The van der Waals surface area contributed by atoms with E-state index in [1.807, 2.05) is 4.90 Å². The maximum absolute atomic E-state index is 12.7. The number of carbonyl (C=O) groups is 1. The van der Waals surface area contributed by atoms with Gasteiger partial charge >= 0.3 is 0 Å². The van der Waals surface area contributed by atoms with Gasteiger partial charge in [-0.2, -0.15) is 5.26 Å². The van der Waals surface area contributed by atoms with Crippen molar-refractivity contribution in [3.05, 3.63) is 70.8 Å². The average Bonchev–Trinajstić information content (AvgIpc) is 2.73. The van der Waals surface area contributed by atoms with Gasteiger partial charge in [0, 0.05) is 37.8 Å². The number of rotatable bonds is 2. The number of hydrogen-bond acceptors (Lipinski definition) is 3. The Morgan fingerprint density at radius 1 is 0.962 bits per heavy atom. The molecule has 0 N–H and O–H groups in total. The minimum atomic E-state index is 0.0723. The Labute approximate surface area is 154 Å². The molecule has 1 aliphatic carbocycles. The normalized spacial score (nSPS) is 20.3. The second kappa shape index (κ2) is 7.31. The summed E-state index contributed by atoms with van der Waals surface area (Å²) in [6.07, 6.45) is 3.49. The standard InChI is InChI=1S/C22H23N3O/c23-16-17-5-7-19(8-6-17)22(26)25-13-11-24(12-14-25)21-10-9-18-3-1-2-4-20(18)15-21/h1-8,21H,9-15H2. The number of piperazine rings is 1. The molecule has 2 aliphatic rings. The molecular weight excluding hydrogens is 322 g/mol. The molecule has 132 valence electrons. The molecule has 1 aliphatic heterocycles. The molecule has 0 aromatic heterocycles. The summed E-state index contributed by atoms with van der Waals surface area (Å²) in [6, 6.07) is 18.4. The third-order valence-electron chi connectivity index (χ3n) is 5.70. The Morgan fingerprint density at radius 3 is 2.35 bits per heavy atom. The summed E-state index contributed by atoms with van der Waals surface area (Å²) in [5.74, 6) is 0.0723. The smallest absolute Gasteiger partial charge is 0.253 e. The predicted octanol–water partition coefficient (Wildman–Crippen LogP) is 2.87. The lowest BCUT2D eigenvalue weighted by Gasteiger charge is -2.41. The summed E-state index contributed by atoms with van der Waals surface area (Å²) in [5, 5.41) is 8.88. The van der Waals surface area contributed by atoms with Gasteiger partial charge in [0.2, 0.25) is 0 Å². The van der Waals surface area contributed by atoms with Crippen molar-refractivity contribution < 1.29 is 4.79 Å². The number of fused-ring (bicyclic) bond motifs is 1. The summed E-state index contributed by atoms with van der Waals surface area (Å²) in [6.45, 7) is 3.43. The quantitative estimate of drug-likeness (QED) is 0.841. The molecule has 0 bridgehead atoms. The second-order valence-corrected chi connectivity index (χ2v) is 7.18. The summed E-state index contributed by atoms with van der Waals surface area (Å²) in [7, 11) is 0. The van der Waals surface area contributed by atoms with Crippen molar-refractivity contribution in [3.8, 4) is 6.07 Å². The highest BCUT2D eigenvalue weighted by Crippen LogP contribution is 2.25. The van der Waals surface area contributed by atoms with Gasteiger partial charge in [0.1, 0.15) is 0 Å². The Morgan fingerprint density at radius 2 is 1.65 bits per heavy atom. The third-order valence-corrected chi connectivity index (χ3v) is 5.70. The summed E-state index contributed by atoms with van der Waals surface area (Å²) in [4.78, 5) is 17.2. The van der Waals surface area contributed by atoms with Gasteiger partial charge in [-0.05, 0) is 54.7 Å². The molecule has 1 unspecified atom stereocenters. The van der Waals surface area contributed by atoms with Crippen molar-refractivity contribution >= 4 is 5.91 Å². The second-order valence-electron chi connectivity index (χ2n) is 7.18. The van der Waals surface area contributed by atoms with Gasteiger partial charge in [-0.3, -0.25) is 9.69 Å². The summed E-state index contributed by atoms with van der Waals surface area (Å²) in [5.41, 5.74) is 4.24. The van der Waals surface area contributed by atoms with E-state index >= 15 is 0 Å². The molecule has 4 nitrogen and oxygen atoms in total. The Hall–Kier alpha value is -2.64. The molecule has 26 heavy (non-hydrogen) atoms. The molecule has 0 radical (unpaired) electrons. The van der Waals surface area contributed by atoms with Crippen molar-refractivity contribution in [1.82, 2.24) is 9.80 Å². The molecule has 4 rings (SSSR count). The number of amides is 1. The highest BCUT2D eigenvalue weighted by molar-refractivity contribution is 5.94. The minimum Gasteiger partial charge on any atom is -0.336 e. The molecule has 1 fully saturated rings. The van der Waals surface area contributed by atoms with Crippen LogP contribution in [0.5, 0.6) is 0 Å². The van der Waals surface area contributed by atoms with Gasteiger partial charge in [0.25, 0.3) is 5.91 Å². The minimum absolute atomic E-state index is 0.0723. The van der Waals surface area contributed by atoms with Crippen molar-refractivity contribution in [2.24, 2.45) is 0 Å². The van der Waals surface area contributed by atoms with E-state index in [2.05, 4.69) is 35.2 Å². The van der Waals surface area contributed by atoms with Crippen LogP contribution in [0.25, 0.3) is 0 Å². The number of nitriles is 1. The SMILES string of the molecule is N#Cc1ccc(C(=O)N2CCN(C3CCc4ccccc4C3)CC2)cc1. The summed E-state index contributed by atoms with van der Waals surface area (Å²) >= 11 is 0. The number of carbonyl (C=O) groups excluding carboxylic acids is 1. The highest BCUT2D eigenvalue weighted by atomic mass is 16.2. The Bertz CT molecular complexity index is 829. The molecule has 2 aromatic rings. The van der Waals surface area contributed by atoms with Crippen molar-refractivity contribution in [2.75, 3.05) is 26.2 Å². The number of benzene rings is 2. The van der Waals surface area contributed by atoms with E-state index < -0.39 is 0 Å². The van der Waals surface area contributed by atoms with E-state index in [0.717, 1.165) is 39.0 Å². The van der Waals surface area contributed by atoms with Crippen LogP contribution in [0.2, 0.25) is 0 Å². The molecule has 1 atom stereocenters. The largest absolute Gasteiger partial charge is 0.336 e. The van der Waals surface area contributed by atoms with Crippen LogP contribution in [0.3, 0.4) is 0 Å². The molecule has 1 saturated heterocycles. The zero-order valence-electron chi connectivity index (χ0n) is 14.9. The summed E-state index contributed by atoms with van der Waals surface area (Å²) < 4.78 is 0. The predicted molar refractivity (Wildman–Crippen MR) is 101 cm³/mol. The zero-order chi connectivity index (χ0) is 17.9. The van der Waals surface area contributed by atoms with Crippen LogP contribution < -0.4 is 0 Å². The van der Waals surface area contributed by atoms with Gasteiger partial charge in [-0.25, -0.2) is 0 Å². The molecule has 0 spiro atoms. The van der Waals surface area contributed by atoms with E-state index in [1.165, 1.54) is 17.5 Å². The fraction of sp³-hybridized carbons (Fsp3) is 0.364. The lowest BCUT2D eigenvalue weighted by atomic mass is 9.87. The lowest BCUT2D eigenvalue weighted by Crippen LogP contribution is -2.53. The molecule has 1 heterocycles. The number of aryl methyl sites for hydroxylation is 1. The van der Waals surface area contributed by atoms with E-state index in [4.69, 9.17) is 5.26 Å². The van der Waals surface area contributed by atoms with Gasteiger partial charge < -0.3 is 4.90 Å². The van der Waals surface area contributed by atoms with Crippen molar-refractivity contribution in [2.45, 2.75) is 25.3 Å². The van der Waals surface area contributed by atoms with Gasteiger partial charge in [-0.15, -0.1) is 0 Å². The fourth-order valence-corrected chi connectivity index (χ4v) is 4.15. The maximum atomic E-state index is 12.7. The topological polar surface area (TPSA) is 47.3 Å².